The summed E-state index contributed by atoms with van der Waals surface area (Å²) in [7, 11) is -2.95. The Labute approximate surface area is 155 Å². The lowest BCUT2D eigenvalue weighted by Gasteiger charge is -2.26. The average molecular weight is 372 g/mol. The van der Waals surface area contributed by atoms with Crippen molar-refractivity contribution in [2.24, 2.45) is 5.92 Å². The van der Waals surface area contributed by atoms with Crippen molar-refractivity contribution in [1.29, 1.82) is 0 Å². The van der Waals surface area contributed by atoms with Gasteiger partial charge in [-0.3, -0.25) is 4.79 Å². The highest BCUT2D eigenvalue weighted by atomic mass is 32.2. The van der Waals surface area contributed by atoms with Gasteiger partial charge in [0.2, 0.25) is 5.91 Å². The van der Waals surface area contributed by atoms with Crippen molar-refractivity contribution in [3.63, 3.8) is 0 Å². The van der Waals surface area contributed by atoms with Crippen LogP contribution in [0.1, 0.15) is 36.8 Å². The van der Waals surface area contributed by atoms with E-state index in [1.165, 1.54) is 0 Å². The molecule has 2 atom stereocenters. The topological polar surface area (TPSA) is 63.2 Å². The smallest absolute Gasteiger partial charge is 0.220 e. The standard InChI is InChI=1S/C21H25NO3S/c1-16(22-20(23)14-17-12-13-26(24,25)15-17)21(18-8-4-2-5-9-18)19-10-6-3-7-11-19/h2-11,16-17,21H,12-15H2,1H3,(H,22,23). The van der Waals surface area contributed by atoms with E-state index in [9.17, 15) is 13.2 Å². The molecule has 0 saturated carbocycles. The molecular formula is C21H25NO3S. The summed E-state index contributed by atoms with van der Waals surface area (Å²) in [4.78, 5) is 12.5. The van der Waals surface area contributed by atoms with E-state index in [0.29, 0.717) is 6.42 Å². The van der Waals surface area contributed by atoms with E-state index in [0.717, 1.165) is 11.1 Å². The summed E-state index contributed by atoms with van der Waals surface area (Å²) in [5.74, 6) is 0.261. The molecule has 1 heterocycles. The van der Waals surface area contributed by atoms with Crippen LogP contribution in [0.4, 0.5) is 0 Å². The number of carbonyl (C=O) groups is 1. The summed E-state index contributed by atoms with van der Waals surface area (Å²) in [5.41, 5.74) is 2.30. The van der Waals surface area contributed by atoms with E-state index in [1.54, 1.807) is 0 Å². The zero-order valence-electron chi connectivity index (χ0n) is 15.0. The lowest BCUT2D eigenvalue weighted by molar-refractivity contribution is -0.122. The van der Waals surface area contributed by atoms with Crippen molar-refractivity contribution in [2.45, 2.75) is 31.7 Å². The normalized spacial score (nSPS) is 20.0. The SMILES string of the molecule is CC(NC(=O)CC1CCS(=O)(=O)C1)C(c1ccccc1)c1ccccc1. The molecule has 1 aliphatic heterocycles. The van der Waals surface area contributed by atoms with Gasteiger partial charge in [0.15, 0.2) is 9.84 Å². The molecule has 2 aromatic rings. The molecule has 26 heavy (non-hydrogen) atoms. The number of nitrogens with one attached hydrogen (secondary N) is 1. The summed E-state index contributed by atoms with van der Waals surface area (Å²) in [5, 5.41) is 3.10. The van der Waals surface area contributed by atoms with Gasteiger partial charge in [-0.05, 0) is 30.4 Å². The van der Waals surface area contributed by atoms with Gasteiger partial charge >= 0.3 is 0 Å². The molecule has 0 radical (unpaired) electrons. The van der Waals surface area contributed by atoms with Crippen molar-refractivity contribution >= 4 is 15.7 Å². The zero-order valence-corrected chi connectivity index (χ0v) is 15.8. The van der Waals surface area contributed by atoms with Gasteiger partial charge in [0, 0.05) is 18.4 Å². The molecule has 0 aliphatic carbocycles. The van der Waals surface area contributed by atoms with E-state index in [-0.39, 0.29) is 41.7 Å². The van der Waals surface area contributed by atoms with E-state index < -0.39 is 9.84 Å². The average Bonchev–Trinajstić information content (AvgIpc) is 2.95. The van der Waals surface area contributed by atoms with Crippen molar-refractivity contribution < 1.29 is 13.2 Å². The lowest BCUT2D eigenvalue weighted by atomic mass is 9.85. The fourth-order valence-electron chi connectivity index (χ4n) is 3.78. The van der Waals surface area contributed by atoms with Crippen LogP contribution in [0.2, 0.25) is 0 Å². The van der Waals surface area contributed by atoms with Crippen LogP contribution in [0.15, 0.2) is 60.7 Å². The third-order valence-electron chi connectivity index (χ3n) is 5.01. The first-order valence-electron chi connectivity index (χ1n) is 9.04. The quantitative estimate of drug-likeness (QED) is 0.848. The number of sulfone groups is 1. The molecule has 1 aliphatic rings. The molecule has 1 N–H and O–H groups in total. The van der Waals surface area contributed by atoms with E-state index in [2.05, 4.69) is 29.6 Å². The second-order valence-corrected chi connectivity index (χ2v) is 9.36. The molecule has 0 aromatic heterocycles. The van der Waals surface area contributed by atoms with Crippen LogP contribution in [0.5, 0.6) is 0 Å². The summed E-state index contributed by atoms with van der Waals surface area (Å²) < 4.78 is 23.2. The van der Waals surface area contributed by atoms with E-state index >= 15 is 0 Å². The molecule has 0 spiro atoms. The Morgan fingerprint density at radius 2 is 1.58 bits per heavy atom. The van der Waals surface area contributed by atoms with Crippen LogP contribution < -0.4 is 5.32 Å². The van der Waals surface area contributed by atoms with Crippen molar-refractivity contribution in [3.8, 4) is 0 Å². The van der Waals surface area contributed by atoms with Gasteiger partial charge in [-0.2, -0.15) is 0 Å². The number of amides is 1. The molecule has 1 amide bonds. The highest BCUT2D eigenvalue weighted by Crippen LogP contribution is 2.28. The van der Waals surface area contributed by atoms with Gasteiger partial charge in [-0.15, -0.1) is 0 Å². The first kappa shape index (κ1) is 18.6. The summed E-state index contributed by atoms with van der Waals surface area (Å²) >= 11 is 0. The second-order valence-electron chi connectivity index (χ2n) is 7.13. The minimum absolute atomic E-state index is 0.0497. The third-order valence-corrected chi connectivity index (χ3v) is 6.84. The van der Waals surface area contributed by atoms with Crippen molar-refractivity contribution in [2.75, 3.05) is 11.5 Å². The Morgan fingerprint density at radius 3 is 2.04 bits per heavy atom. The first-order chi connectivity index (χ1) is 12.4. The molecule has 5 heteroatoms. The first-order valence-corrected chi connectivity index (χ1v) is 10.9. The summed E-state index contributed by atoms with van der Waals surface area (Å²) in [6.07, 6.45) is 0.866. The van der Waals surface area contributed by atoms with Crippen LogP contribution >= 0.6 is 0 Å². The van der Waals surface area contributed by atoms with E-state index in [4.69, 9.17) is 0 Å². The summed E-state index contributed by atoms with van der Waals surface area (Å²) in [6.45, 7) is 2.01. The highest BCUT2D eigenvalue weighted by molar-refractivity contribution is 7.91. The summed E-state index contributed by atoms with van der Waals surface area (Å²) in [6, 6.07) is 20.2. The third kappa shape index (κ3) is 4.73. The molecule has 1 saturated heterocycles. The predicted octanol–water partition coefficient (Wildman–Crippen LogP) is 3.15. The molecule has 2 aromatic carbocycles. The molecule has 2 unspecified atom stereocenters. The minimum atomic E-state index is -2.95. The number of benzene rings is 2. The molecule has 138 valence electrons. The maximum Gasteiger partial charge on any atom is 0.220 e. The maximum atomic E-state index is 12.5. The monoisotopic (exact) mass is 371 g/mol. The van der Waals surface area contributed by atoms with Crippen molar-refractivity contribution in [3.05, 3.63) is 71.8 Å². The van der Waals surface area contributed by atoms with Crippen LogP contribution in [-0.2, 0) is 14.6 Å². The Kier molecular flexibility index (Phi) is 5.77. The zero-order chi connectivity index (χ0) is 18.6. The van der Waals surface area contributed by atoms with Gasteiger partial charge in [-0.1, -0.05) is 60.7 Å². The Balaban J connectivity index is 1.72. The predicted molar refractivity (Wildman–Crippen MR) is 104 cm³/mol. The maximum absolute atomic E-state index is 12.5. The number of rotatable bonds is 6. The largest absolute Gasteiger partial charge is 0.353 e. The number of hydrogen-bond donors (Lipinski definition) is 1. The van der Waals surface area contributed by atoms with Gasteiger partial charge < -0.3 is 5.32 Å². The van der Waals surface area contributed by atoms with Crippen LogP contribution in [-0.4, -0.2) is 31.9 Å². The minimum Gasteiger partial charge on any atom is -0.353 e. The van der Waals surface area contributed by atoms with E-state index in [1.807, 2.05) is 43.3 Å². The molecule has 1 fully saturated rings. The van der Waals surface area contributed by atoms with Gasteiger partial charge in [0.1, 0.15) is 0 Å². The fraction of sp³-hybridized carbons (Fsp3) is 0.381. The molecule has 0 bridgehead atoms. The highest BCUT2D eigenvalue weighted by Gasteiger charge is 2.30. The lowest BCUT2D eigenvalue weighted by Crippen LogP contribution is -2.38. The second kappa shape index (κ2) is 8.04. The Bertz CT molecular complexity index is 795. The Hall–Kier alpha value is -2.14. The number of carbonyl (C=O) groups excluding carboxylic acids is 1. The van der Waals surface area contributed by atoms with Gasteiger partial charge in [0.25, 0.3) is 0 Å². The molecular weight excluding hydrogens is 346 g/mol. The number of hydrogen-bond acceptors (Lipinski definition) is 3. The van der Waals surface area contributed by atoms with Crippen LogP contribution in [0.3, 0.4) is 0 Å². The van der Waals surface area contributed by atoms with Crippen LogP contribution in [0.25, 0.3) is 0 Å². The fourth-order valence-corrected chi connectivity index (χ4v) is 5.64. The van der Waals surface area contributed by atoms with Crippen LogP contribution in [0, 0.1) is 5.92 Å². The molecule has 3 rings (SSSR count). The molecule has 4 nitrogen and oxygen atoms in total. The Morgan fingerprint density at radius 1 is 1.04 bits per heavy atom. The van der Waals surface area contributed by atoms with Gasteiger partial charge in [0.05, 0.1) is 11.5 Å². The van der Waals surface area contributed by atoms with Gasteiger partial charge in [-0.25, -0.2) is 8.42 Å². The van der Waals surface area contributed by atoms with Crippen molar-refractivity contribution in [1.82, 2.24) is 5.32 Å².